The number of rotatable bonds is 4. The summed E-state index contributed by atoms with van der Waals surface area (Å²) < 4.78 is 37.7. The zero-order valence-corrected chi connectivity index (χ0v) is 11.9. The average Bonchev–Trinajstić information content (AvgIpc) is 3.18. The molecule has 0 aromatic rings. The number of thiocarbonyl (C=S) groups is 1. The lowest BCUT2D eigenvalue weighted by molar-refractivity contribution is -0.184. The number of carbonyl (C=O) groups is 1. The molecule has 2 saturated carbocycles. The Morgan fingerprint density at radius 3 is 2.10 bits per heavy atom. The summed E-state index contributed by atoms with van der Waals surface area (Å²) in [4.78, 5) is 12.4. The van der Waals surface area contributed by atoms with E-state index in [0.29, 0.717) is 5.92 Å². The number of nitrogens with one attached hydrogen (secondary N) is 1. The third-order valence-electron chi connectivity index (χ3n) is 4.26. The summed E-state index contributed by atoms with van der Waals surface area (Å²) in [6, 6.07) is -0.294. The molecule has 0 aliphatic heterocycles. The molecule has 2 aliphatic carbocycles. The molecule has 0 spiro atoms. The molecule has 0 heterocycles. The molecule has 114 valence electrons. The number of halogens is 3. The van der Waals surface area contributed by atoms with Gasteiger partial charge in [-0.05, 0) is 44.4 Å². The molecule has 2 fully saturated rings. The maximum absolute atomic E-state index is 12.6. The van der Waals surface area contributed by atoms with E-state index in [1.807, 2.05) is 0 Å². The molecule has 1 unspecified atom stereocenters. The monoisotopic (exact) mass is 308 g/mol. The smallest absolute Gasteiger partial charge is 0.391 e. The van der Waals surface area contributed by atoms with Gasteiger partial charge in [0.2, 0.25) is 5.91 Å². The van der Waals surface area contributed by atoms with Gasteiger partial charge in [-0.25, -0.2) is 0 Å². The first kappa shape index (κ1) is 15.5. The van der Waals surface area contributed by atoms with Crippen LogP contribution in [-0.4, -0.2) is 23.1 Å². The number of hydrogen-bond donors (Lipinski definition) is 2. The van der Waals surface area contributed by atoms with Crippen LogP contribution in [0.3, 0.4) is 0 Å². The summed E-state index contributed by atoms with van der Waals surface area (Å²) in [5, 5.41) is 2.82. The van der Waals surface area contributed by atoms with E-state index >= 15 is 0 Å². The largest absolute Gasteiger partial charge is 0.392 e. The SMILES string of the molecule is NC(=S)C(NC(=O)C1CCC(C(F)(F)F)CC1)C1CC1. The van der Waals surface area contributed by atoms with Crippen molar-refractivity contribution in [2.45, 2.75) is 50.7 Å². The second-order valence-electron chi connectivity index (χ2n) is 5.82. The summed E-state index contributed by atoms with van der Waals surface area (Å²) in [6.45, 7) is 0. The van der Waals surface area contributed by atoms with E-state index in [1.165, 1.54) is 0 Å². The first-order valence-corrected chi connectivity index (χ1v) is 7.36. The van der Waals surface area contributed by atoms with Crippen molar-refractivity contribution in [3.05, 3.63) is 0 Å². The van der Waals surface area contributed by atoms with Crippen molar-refractivity contribution in [2.75, 3.05) is 0 Å². The predicted molar refractivity (Wildman–Crippen MR) is 72.9 cm³/mol. The molecule has 1 atom stereocenters. The van der Waals surface area contributed by atoms with Gasteiger partial charge in [0.05, 0.1) is 16.9 Å². The molecule has 0 bridgehead atoms. The van der Waals surface area contributed by atoms with Gasteiger partial charge >= 0.3 is 6.18 Å². The summed E-state index contributed by atoms with van der Waals surface area (Å²) >= 11 is 4.93. The fraction of sp³-hybridized carbons (Fsp3) is 0.846. The van der Waals surface area contributed by atoms with Gasteiger partial charge in [0.15, 0.2) is 0 Å². The summed E-state index contributed by atoms with van der Waals surface area (Å²) in [5.74, 6) is -1.50. The van der Waals surface area contributed by atoms with Crippen LogP contribution < -0.4 is 11.1 Å². The van der Waals surface area contributed by atoms with Crippen LogP contribution in [0.15, 0.2) is 0 Å². The van der Waals surface area contributed by atoms with E-state index in [9.17, 15) is 18.0 Å². The van der Waals surface area contributed by atoms with Crippen LogP contribution in [0.25, 0.3) is 0 Å². The van der Waals surface area contributed by atoms with E-state index in [-0.39, 0.29) is 48.5 Å². The standard InChI is InChI=1S/C13H19F3N2OS/c14-13(15,16)9-5-3-8(4-6-9)12(19)18-10(11(17)20)7-1-2-7/h7-10H,1-6H2,(H2,17,20)(H,18,19). The lowest BCUT2D eigenvalue weighted by Gasteiger charge is -2.30. The molecule has 0 aromatic carbocycles. The van der Waals surface area contributed by atoms with Crippen molar-refractivity contribution in [3.8, 4) is 0 Å². The van der Waals surface area contributed by atoms with Crippen molar-refractivity contribution in [2.24, 2.45) is 23.5 Å². The minimum absolute atomic E-state index is 0.0305. The maximum atomic E-state index is 12.6. The van der Waals surface area contributed by atoms with Crippen molar-refractivity contribution in [1.29, 1.82) is 0 Å². The Bertz CT molecular complexity index is 388. The minimum Gasteiger partial charge on any atom is -0.392 e. The number of carbonyl (C=O) groups excluding carboxylic acids is 1. The fourth-order valence-electron chi connectivity index (χ4n) is 2.80. The Morgan fingerprint density at radius 2 is 1.70 bits per heavy atom. The van der Waals surface area contributed by atoms with Gasteiger partial charge in [-0.15, -0.1) is 0 Å². The molecule has 20 heavy (non-hydrogen) atoms. The van der Waals surface area contributed by atoms with Crippen molar-refractivity contribution >= 4 is 23.1 Å². The Balaban J connectivity index is 1.84. The Morgan fingerprint density at radius 1 is 1.15 bits per heavy atom. The topological polar surface area (TPSA) is 55.1 Å². The highest BCUT2D eigenvalue weighted by Crippen LogP contribution is 2.40. The normalized spacial score (nSPS) is 28.8. The first-order chi connectivity index (χ1) is 9.29. The molecule has 7 heteroatoms. The molecular formula is C13H19F3N2OS. The lowest BCUT2D eigenvalue weighted by Crippen LogP contribution is -2.48. The van der Waals surface area contributed by atoms with Crippen molar-refractivity contribution in [1.82, 2.24) is 5.32 Å². The third kappa shape index (κ3) is 3.84. The molecule has 3 N–H and O–H groups in total. The number of nitrogens with two attached hydrogens (primary N) is 1. The second-order valence-corrected chi connectivity index (χ2v) is 6.29. The Kier molecular flexibility index (Phi) is 4.56. The molecule has 0 aromatic heterocycles. The van der Waals surface area contributed by atoms with E-state index in [4.69, 9.17) is 18.0 Å². The highest BCUT2D eigenvalue weighted by molar-refractivity contribution is 7.80. The van der Waals surface area contributed by atoms with Crippen LogP contribution >= 0.6 is 12.2 Å². The average molecular weight is 308 g/mol. The predicted octanol–water partition coefficient (Wildman–Crippen LogP) is 2.54. The van der Waals surface area contributed by atoms with E-state index in [0.717, 1.165) is 12.8 Å². The van der Waals surface area contributed by atoms with Crippen LogP contribution in [0.2, 0.25) is 0 Å². The fourth-order valence-corrected chi connectivity index (χ4v) is 3.06. The van der Waals surface area contributed by atoms with E-state index in [1.54, 1.807) is 0 Å². The van der Waals surface area contributed by atoms with Crippen LogP contribution in [0.4, 0.5) is 13.2 Å². The molecule has 0 saturated heterocycles. The molecule has 2 aliphatic rings. The number of amides is 1. The lowest BCUT2D eigenvalue weighted by atomic mass is 9.81. The number of alkyl halides is 3. The van der Waals surface area contributed by atoms with Crippen molar-refractivity contribution < 1.29 is 18.0 Å². The summed E-state index contributed by atoms with van der Waals surface area (Å²) in [7, 11) is 0. The van der Waals surface area contributed by atoms with Crippen LogP contribution in [-0.2, 0) is 4.79 Å². The van der Waals surface area contributed by atoms with Gasteiger partial charge in [0.1, 0.15) is 0 Å². The number of hydrogen-bond acceptors (Lipinski definition) is 2. The summed E-state index contributed by atoms with van der Waals surface area (Å²) in [5.41, 5.74) is 5.60. The van der Waals surface area contributed by atoms with Gasteiger partial charge in [-0.1, -0.05) is 12.2 Å². The molecule has 1 amide bonds. The van der Waals surface area contributed by atoms with Gasteiger partial charge in [0.25, 0.3) is 0 Å². The van der Waals surface area contributed by atoms with Crippen LogP contribution in [0.1, 0.15) is 38.5 Å². The second kappa shape index (κ2) is 5.87. The highest BCUT2D eigenvalue weighted by atomic mass is 32.1. The van der Waals surface area contributed by atoms with Crippen molar-refractivity contribution in [3.63, 3.8) is 0 Å². The molecule has 0 radical (unpaired) electrons. The zero-order chi connectivity index (χ0) is 14.9. The van der Waals surface area contributed by atoms with Gasteiger partial charge in [-0.3, -0.25) is 4.79 Å². The van der Waals surface area contributed by atoms with Gasteiger partial charge in [0, 0.05) is 5.92 Å². The van der Waals surface area contributed by atoms with Crippen LogP contribution in [0, 0.1) is 17.8 Å². The quantitative estimate of drug-likeness (QED) is 0.785. The van der Waals surface area contributed by atoms with Crippen LogP contribution in [0.5, 0.6) is 0 Å². The Hall–Kier alpha value is -0.850. The van der Waals surface area contributed by atoms with Gasteiger partial charge < -0.3 is 11.1 Å². The maximum Gasteiger partial charge on any atom is 0.391 e. The highest BCUT2D eigenvalue weighted by Gasteiger charge is 2.43. The van der Waals surface area contributed by atoms with E-state index < -0.39 is 12.1 Å². The Labute approximate surface area is 121 Å². The minimum atomic E-state index is -4.14. The summed E-state index contributed by atoms with van der Waals surface area (Å²) in [6.07, 6.45) is -1.54. The third-order valence-corrected chi connectivity index (χ3v) is 4.51. The zero-order valence-electron chi connectivity index (χ0n) is 11.1. The van der Waals surface area contributed by atoms with Gasteiger partial charge in [-0.2, -0.15) is 13.2 Å². The molecule has 2 rings (SSSR count). The molecular weight excluding hydrogens is 289 g/mol. The first-order valence-electron chi connectivity index (χ1n) is 6.95. The molecule has 3 nitrogen and oxygen atoms in total. The van der Waals surface area contributed by atoms with E-state index in [2.05, 4.69) is 5.32 Å².